The lowest BCUT2D eigenvalue weighted by Crippen LogP contribution is -2.45. The molecule has 0 saturated carbocycles. The van der Waals surface area contributed by atoms with Gasteiger partial charge < -0.3 is 20.1 Å². The molecule has 2 N–H and O–H groups in total. The molecule has 0 radical (unpaired) electrons. The maximum absolute atomic E-state index is 12.6. The van der Waals surface area contributed by atoms with Gasteiger partial charge in [-0.25, -0.2) is 18.0 Å². The highest BCUT2D eigenvalue weighted by Crippen LogP contribution is 2.11. The Bertz CT molecular complexity index is 1060. The fourth-order valence-electron chi connectivity index (χ4n) is 3.37. The third-order valence-corrected chi connectivity index (χ3v) is 6.78. The molecule has 10 heteroatoms. The van der Waals surface area contributed by atoms with Gasteiger partial charge in [0.2, 0.25) is 0 Å². The molecular formula is C23H26N2O7S. The Hall–Kier alpha value is -3.40. The molecular weight excluding hydrogens is 448 g/mol. The molecule has 0 spiro atoms. The van der Waals surface area contributed by atoms with Crippen LogP contribution in [-0.4, -0.2) is 56.6 Å². The van der Waals surface area contributed by atoms with Gasteiger partial charge in [-0.15, -0.1) is 0 Å². The van der Waals surface area contributed by atoms with Gasteiger partial charge in [0.15, 0.2) is 16.4 Å². The van der Waals surface area contributed by atoms with Gasteiger partial charge in [-0.3, -0.25) is 4.79 Å². The molecule has 2 aromatic carbocycles. The SMILES string of the molecule is O=C(COC(=O)[C@H](Cc1ccccc1)NC(=O)OCc1ccccc1)NC1CCS(=O)(=O)C1. The Morgan fingerprint density at radius 2 is 1.58 bits per heavy atom. The van der Waals surface area contributed by atoms with Crippen LogP contribution in [0.5, 0.6) is 0 Å². The minimum absolute atomic E-state index is 0.0197. The van der Waals surface area contributed by atoms with Crippen molar-refractivity contribution in [3.05, 3.63) is 71.8 Å². The lowest BCUT2D eigenvalue weighted by Gasteiger charge is -2.18. The molecule has 0 bridgehead atoms. The van der Waals surface area contributed by atoms with Crippen molar-refractivity contribution in [1.29, 1.82) is 0 Å². The van der Waals surface area contributed by atoms with Crippen LogP contribution in [0.15, 0.2) is 60.7 Å². The maximum atomic E-state index is 12.6. The molecule has 0 aliphatic carbocycles. The predicted molar refractivity (Wildman–Crippen MR) is 120 cm³/mol. The second-order valence-corrected chi connectivity index (χ2v) is 9.95. The number of nitrogens with one attached hydrogen (secondary N) is 2. The Morgan fingerprint density at radius 1 is 0.939 bits per heavy atom. The first-order chi connectivity index (χ1) is 15.8. The average Bonchev–Trinajstić information content (AvgIpc) is 3.15. The van der Waals surface area contributed by atoms with Gasteiger partial charge in [0.25, 0.3) is 5.91 Å². The van der Waals surface area contributed by atoms with E-state index in [4.69, 9.17) is 9.47 Å². The molecule has 176 valence electrons. The van der Waals surface area contributed by atoms with Crippen LogP contribution in [0.3, 0.4) is 0 Å². The first kappa shape index (κ1) is 24.2. The van der Waals surface area contributed by atoms with Crippen molar-refractivity contribution in [2.24, 2.45) is 0 Å². The summed E-state index contributed by atoms with van der Waals surface area (Å²) in [4.78, 5) is 37.0. The van der Waals surface area contributed by atoms with Crippen molar-refractivity contribution in [1.82, 2.24) is 10.6 Å². The molecule has 1 fully saturated rings. The largest absolute Gasteiger partial charge is 0.454 e. The summed E-state index contributed by atoms with van der Waals surface area (Å²) >= 11 is 0. The van der Waals surface area contributed by atoms with Crippen LogP contribution >= 0.6 is 0 Å². The number of alkyl carbamates (subject to hydrolysis) is 1. The molecule has 1 saturated heterocycles. The van der Waals surface area contributed by atoms with Crippen molar-refractivity contribution in [2.75, 3.05) is 18.1 Å². The summed E-state index contributed by atoms with van der Waals surface area (Å²) in [6, 6.07) is 16.5. The third-order valence-electron chi connectivity index (χ3n) is 5.02. The second kappa shape index (κ2) is 11.5. The molecule has 1 aliphatic heterocycles. The summed E-state index contributed by atoms with van der Waals surface area (Å²) in [6.07, 6.45) is -0.326. The van der Waals surface area contributed by atoms with E-state index in [1.54, 1.807) is 36.4 Å². The summed E-state index contributed by atoms with van der Waals surface area (Å²) in [5.41, 5.74) is 1.57. The zero-order valence-electron chi connectivity index (χ0n) is 17.9. The fourth-order valence-corrected chi connectivity index (χ4v) is 5.04. The van der Waals surface area contributed by atoms with Crippen molar-refractivity contribution in [3.8, 4) is 0 Å². The van der Waals surface area contributed by atoms with Gasteiger partial charge in [-0.2, -0.15) is 0 Å². The van der Waals surface area contributed by atoms with Crippen LogP contribution in [0.1, 0.15) is 17.5 Å². The number of hydrogen-bond acceptors (Lipinski definition) is 7. The molecule has 1 heterocycles. The van der Waals surface area contributed by atoms with E-state index < -0.39 is 46.5 Å². The molecule has 1 aliphatic rings. The van der Waals surface area contributed by atoms with Crippen LogP contribution in [0.2, 0.25) is 0 Å². The minimum atomic E-state index is -3.14. The topological polar surface area (TPSA) is 128 Å². The van der Waals surface area contributed by atoms with E-state index >= 15 is 0 Å². The Kier molecular flexibility index (Phi) is 8.42. The number of rotatable bonds is 9. The lowest BCUT2D eigenvalue weighted by molar-refractivity contribution is -0.150. The molecule has 2 aromatic rings. The molecule has 3 rings (SSSR count). The fraction of sp³-hybridized carbons (Fsp3) is 0.348. The number of hydrogen-bond donors (Lipinski definition) is 2. The Balaban J connectivity index is 1.54. The molecule has 1 unspecified atom stereocenters. The van der Waals surface area contributed by atoms with Gasteiger partial charge >= 0.3 is 12.1 Å². The van der Waals surface area contributed by atoms with Crippen LogP contribution in [0.4, 0.5) is 4.79 Å². The van der Waals surface area contributed by atoms with Gasteiger partial charge in [0.05, 0.1) is 11.5 Å². The monoisotopic (exact) mass is 474 g/mol. The average molecular weight is 475 g/mol. The van der Waals surface area contributed by atoms with Crippen LogP contribution in [0.25, 0.3) is 0 Å². The third kappa shape index (κ3) is 8.23. The summed E-state index contributed by atoms with van der Waals surface area (Å²) in [6.45, 7) is -0.548. The first-order valence-electron chi connectivity index (χ1n) is 10.5. The van der Waals surface area contributed by atoms with E-state index in [9.17, 15) is 22.8 Å². The van der Waals surface area contributed by atoms with Crippen LogP contribution < -0.4 is 10.6 Å². The van der Waals surface area contributed by atoms with E-state index in [2.05, 4.69) is 10.6 Å². The summed E-state index contributed by atoms with van der Waals surface area (Å²) in [5, 5.41) is 5.05. The smallest absolute Gasteiger partial charge is 0.408 e. The normalized spacial score (nSPS) is 17.5. The minimum Gasteiger partial charge on any atom is -0.454 e. The highest BCUT2D eigenvalue weighted by molar-refractivity contribution is 7.91. The zero-order valence-corrected chi connectivity index (χ0v) is 18.8. The number of carbonyl (C=O) groups is 3. The number of ether oxygens (including phenoxy) is 2. The first-order valence-corrected chi connectivity index (χ1v) is 12.3. The van der Waals surface area contributed by atoms with Crippen molar-refractivity contribution < 1.29 is 32.3 Å². The standard InChI is InChI=1S/C23H26N2O7S/c26-21(24-19-11-12-33(29,30)16-19)15-31-22(27)20(13-17-7-3-1-4-8-17)25-23(28)32-14-18-9-5-2-6-10-18/h1-10,19-20H,11-16H2,(H,24,26)(H,25,28)/t19?,20-/m0/s1. The van der Waals surface area contributed by atoms with Gasteiger partial charge in [-0.05, 0) is 17.5 Å². The van der Waals surface area contributed by atoms with E-state index in [-0.39, 0.29) is 24.5 Å². The summed E-state index contributed by atoms with van der Waals surface area (Å²) in [7, 11) is -3.14. The lowest BCUT2D eigenvalue weighted by atomic mass is 10.1. The molecule has 33 heavy (non-hydrogen) atoms. The van der Waals surface area contributed by atoms with E-state index in [1.165, 1.54) is 0 Å². The Labute approximate surface area is 192 Å². The van der Waals surface area contributed by atoms with Crippen LogP contribution in [0, 0.1) is 0 Å². The van der Waals surface area contributed by atoms with Crippen molar-refractivity contribution >= 4 is 27.8 Å². The highest BCUT2D eigenvalue weighted by Gasteiger charge is 2.30. The quantitative estimate of drug-likeness (QED) is 0.526. The predicted octanol–water partition coefficient (Wildman–Crippen LogP) is 1.37. The summed E-state index contributed by atoms with van der Waals surface area (Å²) < 4.78 is 33.3. The highest BCUT2D eigenvalue weighted by atomic mass is 32.2. The number of carbonyl (C=O) groups excluding carboxylic acids is 3. The number of sulfone groups is 1. The summed E-state index contributed by atoms with van der Waals surface area (Å²) in [5.74, 6) is -1.51. The van der Waals surface area contributed by atoms with E-state index in [0.717, 1.165) is 11.1 Å². The van der Waals surface area contributed by atoms with E-state index in [1.807, 2.05) is 24.3 Å². The number of esters is 1. The molecule has 0 aromatic heterocycles. The van der Waals surface area contributed by atoms with Gasteiger partial charge in [0.1, 0.15) is 12.6 Å². The Morgan fingerprint density at radius 3 is 2.18 bits per heavy atom. The van der Waals surface area contributed by atoms with E-state index in [0.29, 0.717) is 6.42 Å². The zero-order chi connectivity index (χ0) is 23.7. The van der Waals surface area contributed by atoms with Crippen molar-refractivity contribution in [2.45, 2.75) is 31.5 Å². The number of amides is 2. The van der Waals surface area contributed by atoms with Gasteiger partial charge in [-0.1, -0.05) is 60.7 Å². The van der Waals surface area contributed by atoms with Crippen molar-refractivity contribution in [3.63, 3.8) is 0 Å². The van der Waals surface area contributed by atoms with Gasteiger partial charge in [0, 0.05) is 12.5 Å². The molecule has 2 atom stereocenters. The molecule has 2 amide bonds. The molecule has 9 nitrogen and oxygen atoms in total. The maximum Gasteiger partial charge on any atom is 0.408 e. The number of benzene rings is 2. The van der Waals surface area contributed by atoms with Crippen LogP contribution in [-0.2, 0) is 41.9 Å². The second-order valence-electron chi connectivity index (χ2n) is 7.72.